The third-order valence-electron chi connectivity index (χ3n) is 2.79. The molecule has 0 bridgehead atoms. The van der Waals surface area contributed by atoms with Crippen molar-refractivity contribution in [3.63, 3.8) is 0 Å². The summed E-state index contributed by atoms with van der Waals surface area (Å²) in [6.07, 6.45) is 0. The molecule has 0 heterocycles. The molecule has 2 aromatic rings. The van der Waals surface area contributed by atoms with Gasteiger partial charge in [-0.2, -0.15) is 0 Å². The fourth-order valence-electron chi connectivity index (χ4n) is 1.71. The van der Waals surface area contributed by atoms with Crippen LogP contribution in [0.4, 0.5) is 5.69 Å². The highest BCUT2D eigenvalue weighted by Gasteiger charge is 2.11. The quantitative estimate of drug-likeness (QED) is 0.480. The highest BCUT2D eigenvalue weighted by molar-refractivity contribution is 14.1. The summed E-state index contributed by atoms with van der Waals surface area (Å²) >= 11 is 13.1. The molecule has 0 unspecified atom stereocenters. The van der Waals surface area contributed by atoms with Crippen molar-refractivity contribution in [2.24, 2.45) is 0 Å². The number of halogens is 2. The maximum atomic E-state index is 12.0. The van der Waals surface area contributed by atoms with Crippen LogP contribution in [0.5, 0.6) is 0 Å². The Bertz CT molecular complexity index is 781. The predicted molar refractivity (Wildman–Crippen MR) is 101 cm³/mol. The second-order valence-corrected chi connectivity index (χ2v) is 6.48. The number of aromatic carboxylic acids is 1. The molecule has 5 nitrogen and oxygen atoms in total. The molecule has 3 N–H and O–H groups in total. The first-order chi connectivity index (χ1) is 10.9. The van der Waals surface area contributed by atoms with Crippen molar-refractivity contribution in [1.82, 2.24) is 5.32 Å². The lowest BCUT2D eigenvalue weighted by molar-refractivity contribution is 0.0697. The van der Waals surface area contributed by atoms with E-state index < -0.39 is 5.97 Å². The van der Waals surface area contributed by atoms with Gasteiger partial charge in [-0.3, -0.25) is 10.1 Å². The summed E-state index contributed by atoms with van der Waals surface area (Å²) in [7, 11) is 0. The van der Waals surface area contributed by atoms with Crippen molar-refractivity contribution < 1.29 is 14.7 Å². The smallest absolute Gasteiger partial charge is 0.337 e. The molecule has 1 amide bonds. The molecule has 23 heavy (non-hydrogen) atoms. The zero-order valence-electron chi connectivity index (χ0n) is 11.5. The van der Waals surface area contributed by atoms with Gasteiger partial charge in [0.1, 0.15) is 0 Å². The number of carbonyl (C=O) groups excluding carboxylic acids is 1. The Morgan fingerprint density at radius 2 is 1.78 bits per heavy atom. The molecule has 0 spiro atoms. The summed E-state index contributed by atoms with van der Waals surface area (Å²) < 4.78 is 1.02. The monoisotopic (exact) mass is 460 g/mol. The second kappa shape index (κ2) is 7.71. The first-order valence-corrected chi connectivity index (χ1v) is 8.14. The molecule has 0 radical (unpaired) electrons. The van der Waals surface area contributed by atoms with Crippen LogP contribution in [0.1, 0.15) is 20.7 Å². The number of carboxylic acids is 1. The van der Waals surface area contributed by atoms with Crippen LogP contribution in [0.25, 0.3) is 0 Å². The Morgan fingerprint density at radius 1 is 1.13 bits per heavy atom. The largest absolute Gasteiger partial charge is 0.478 e. The number of hydrogen-bond donors (Lipinski definition) is 3. The highest BCUT2D eigenvalue weighted by Crippen LogP contribution is 2.21. The standard InChI is InChI=1S/C15H10ClIN2O3S/c16-12-7-10(5-6-11(12)14(21)22)18-15(23)19-13(20)8-1-3-9(17)4-2-8/h1-7H,(H,21,22)(H2,18,19,20,23). The fourth-order valence-corrected chi connectivity index (χ4v) is 2.54. The zero-order chi connectivity index (χ0) is 17.0. The van der Waals surface area contributed by atoms with Crippen molar-refractivity contribution in [2.75, 3.05) is 5.32 Å². The van der Waals surface area contributed by atoms with Crippen molar-refractivity contribution in [3.05, 3.63) is 62.2 Å². The molecule has 0 aliphatic carbocycles. The van der Waals surface area contributed by atoms with Crippen LogP contribution in [0.3, 0.4) is 0 Å². The number of benzene rings is 2. The van der Waals surface area contributed by atoms with E-state index in [1.807, 2.05) is 12.1 Å². The van der Waals surface area contributed by atoms with Gasteiger partial charge in [0.2, 0.25) is 0 Å². The van der Waals surface area contributed by atoms with E-state index in [0.717, 1.165) is 3.57 Å². The topological polar surface area (TPSA) is 78.4 Å². The molecule has 0 aliphatic rings. The third-order valence-corrected chi connectivity index (χ3v) is 4.03. The van der Waals surface area contributed by atoms with Crippen molar-refractivity contribution >= 4 is 69.1 Å². The SMILES string of the molecule is O=C(NC(=S)Nc1ccc(C(=O)O)c(Cl)c1)c1ccc(I)cc1. The van der Waals surface area contributed by atoms with E-state index in [4.69, 9.17) is 28.9 Å². The molecule has 0 aliphatic heterocycles. The Morgan fingerprint density at radius 3 is 2.35 bits per heavy atom. The number of amides is 1. The average Bonchev–Trinajstić information content (AvgIpc) is 2.47. The minimum Gasteiger partial charge on any atom is -0.478 e. The Kier molecular flexibility index (Phi) is 5.91. The molecule has 2 aromatic carbocycles. The Labute approximate surface area is 156 Å². The lowest BCUT2D eigenvalue weighted by Crippen LogP contribution is -2.34. The minimum absolute atomic E-state index is 0.00828. The first-order valence-electron chi connectivity index (χ1n) is 6.27. The van der Waals surface area contributed by atoms with E-state index in [1.165, 1.54) is 18.2 Å². The van der Waals surface area contributed by atoms with Gasteiger partial charge in [-0.25, -0.2) is 4.79 Å². The molecule has 0 saturated heterocycles. The normalized spacial score (nSPS) is 10.0. The van der Waals surface area contributed by atoms with Crippen molar-refractivity contribution in [3.8, 4) is 0 Å². The average molecular weight is 461 g/mol. The molecule has 0 atom stereocenters. The molecular formula is C15H10ClIN2O3S. The van der Waals surface area contributed by atoms with Crippen molar-refractivity contribution in [1.29, 1.82) is 0 Å². The minimum atomic E-state index is -1.11. The third kappa shape index (κ3) is 4.88. The lowest BCUT2D eigenvalue weighted by atomic mass is 10.2. The molecule has 8 heteroatoms. The lowest BCUT2D eigenvalue weighted by Gasteiger charge is -2.10. The molecule has 0 aromatic heterocycles. The van der Waals surface area contributed by atoms with Crippen LogP contribution in [0.15, 0.2) is 42.5 Å². The van der Waals surface area contributed by atoms with Crippen LogP contribution in [-0.4, -0.2) is 22.1 Å². The van der Waals surface area contributed by atoms with Crippen LogP contribution in [0, 0.1) is 3.57 Å². The van der Waals surface area contributed by atoms with Gasteiger partial charge >= 0.3 is 5.97 Å². The summed E-state index contributed by atoms with van der Waals surface area (Å²) in [6, 6.07) is 11.3. The van der Waals surface area contributed by atoms with E-state index in [9.17, 15) is 9.59 Å². The van der Waals surface area contributed by atoms with Gasteiger partial charge in [0.15, 0.2) is 5.11 Å². The van der Waals surface area contributed by atoms with Gasteiger partial charge in [0.25, 0.3) is 5.91 Å². The van der Waals surface area contributed by atoms with Crippen LogP contribution in [-0.2, 0) is 0 Å². The number of carbonyl (C=O) groups is 2. The molecule has 0 fully saturated rings. The van der Waals surface area contributed by atoms with Gasteiger partial charge in [0.05, 0.1) is 10.6 Å². The zero-order valence-corrected chi connectivity index (χ0v) is 15.2. The second-order valence-electron chi connectivity index (χ2n) is 4.41. The summed E-state index contributed by atoms with van der Waals surface area (Å²) in [5, 5.41) is 14.4. The number of thiocarbonyl (C=S) groups is 1. The number of rotatable bonds is 3. The maximum absolute atomic E-state index is 12.0. The maximum Gasteiger partial charge on any atom is 0.337 e. The summed E-state index contributed by atoms with van der Waals surface area (Å²) in [6.45, 7) is 0. The predicted octanol–water partition coefficient (Wildman–Crippen LogP) is 3.77. The van der Waals surface area contributed by atoms with Crippen LogP contribution < -0.4 is 10.6 Å². The van der Waals surface area contributed by atoms with Gasteiger partial charge in [-0.1, -0.05) is 11.6 Å². The van der Waals surface area contributed by atoms with Gasteiger partial charge in [0, 0.05) is 14.8 Å². The summed E-state index contributed by atoms with van der Waals surface area (Å²) in [5.41, 5.74) is 0.952. The van der Waals surface area contributed by atoms with Crippen LogP contribution in [0.2, 0.25) is 5.02 Å². The van der Waals surface area contributed by atoms with E-state index in [2.05, 4.69) is 33.2 Å². The number of anilines is 1. The number of carboxylic acid groups (broad SMARTS) is 1. The van der Waals surface area contributed by atoms with E-state index >= 15 is 0 Å². The van der Waals surface area contributed by atoms with Crippen LogP contribution >= 0.6 is 46.4 Å². The molecule has 118 valence electrons. The van der Waals surface area contributed by atoms with Gasteiger partial charge < -0.3 is 10.4 Å². The number of nitrogens with one attached hydrogen (secondary N) is 2. The first kappa shape index (κ1) is 17.6. The fraction of sp³-hybridized carbons (Fsp3) is 0. The van der Waals surface area contributed by atoms with Gasteiger partial charge in [-0.15, -0.1) is 0 Å². The highest BCUT2D eigenvalue weighted by atomic mass is 127. The molecule has 0 saturated carbocycles. The van der Waals surface area contributed by atoms with Crippen molar-refractivity contribution in [2.45, 2.75) is 0 Å². The molecule has 2 rings (SSSR count). The summed E-state index contributed by atoms with van der Waals surface area (Å²) in [5.74, 6) is -1.46. The van der Waals surface area contributed by atoms with Gasteiger partial charge in [-0.05, 0) is 77.3 Å². The Balaban J connectivity index is 2.02. The molecular weight excluding hydrogens is 451 g/mol. The van der Waals surface area contributed by atoms with E-state index in [-0.39, 0.29) is 21.6 Å². The van der Waals surface area contributed by atoms with E-state index in [1.54, 1.807) is 12.1 Å². The Hall–Kier alpha value is -1.71. The van der Waals surface area contributed by atoms with E-state index in [0.29, 0.717) is 11.3 Å². The summed E-state index contributed by atoms with van der Waals surface area (Å²) in [4.78, 5) is 22.9. The number of hydrogen-bond acceptors (Lipinski definition) is 3.